The van der Waals surface area contributed by atoms with Crippen molar-refractivity contribution in [1.82, 2.24) is 24.4 Å². The van der Waals surface area contributed by atoms with Crippen molar-refractivity contribution in [2.24, 2.45) is 7.05 Å². The van der Waals surface area contributed by atoms with E-state index in [1.807, 2.05) is 0 Å². The zero-order chi connectivity index (χ0) is 22.0. The number of aryl methyl sites for hydroxylation is 1. The Labute approximate surface area is 175 Å². The van der Waals surface area contributed by atoms with E-state index >= 15 is 0 Å². The van der Waals surface area contributed by atoms with Crippen LogP contribution in [0.1, 0.15) is 21.6 Å². The minimum atomic E-state index is -0.576. The molecule has 0 atom stereocenters. The van der Waals surface area contributed by atoms with Crippen LogP contribution in [0, 0.1) is 5.82 Å². The maximum atomic E-state index is 13.5. The van der Waals surface area contributed by atoms with Gasteiger partial charge < -0.3 is 5.32 Å². The highest BCUT2D eigenvalue weighted by molar-refractivity contribution is 5.95. The minimum absolute atomic E-state index is 0.0506. The number of pyridine rings is 2. The lowest BCUT2D eigenvalue weighted by molar-refractivity contribution is 0.0946. The molecule has 0 bridgehead atoms. The van der Waals surface area contributed by atoms with Gasteiger partial charge in [-0.25, -0.2) is 14.2 Å². The monoisotopic (exact) mass is 419 g/mol. The third-order valence-electron chi connectivity index (χ3n) is 4.90. The summed E-state index contributed by atoms with van der Waals surface area (Å²) in [6, 6.07) is 10.6. The molecule has 156 valence electrons. The molecule has 1 N–H and O–H groups in total. The Kier molecular flexibility index (Phi) is 5.40. The number of aromatic nitrogens is 4. The fourth-order valence-corrected chi connectivity index (χ4v) is 3.26. The number of hydrogen-bond donors (Lipinski definition) is 1. The number of rotatable bonds is 5. The van der Waals surface area contributed by atoms with Crippen LogP contribution in [-0.4, -0.2) is 25.0 Å². The molecule has 8 nitrogen and oxygen atoms in total. The molecule has 0 saturated carbocycles. The normalized spacial score (nSPS) is 10.9. The van der Waals surface area contributed by atoms with Crippen molar-refractivity contribution in [3.63, 3.8) is 0 Å². The number of amides is 1. The van der Waals surface area contributed by atoms with Gasteiger partial charge in [0.15, 0.2) is 0 Å². The molecule has 4 aromatic rings. The number of nitrogens with one attached hydrogen (secondary N) is 1. The summed E-state index contributed by atoms with van der Waals surface area (Å²) < 4.78 is 15.8. The Bertz CT molecular complexity index is 1400. The van der Waals surface area contributed by atoms with E-state index in [0.717, 1.165) is 10.1 Å². The van der Waals surface area contributed by atoms with Gasteiger partial charge in [-0.05, 0) is 41.5 Å². The van der Waals surface area contributed by atoms with Crippen LogP contribution in [0.2, 0.25) is 0 Å². The lowest BCUT2D eigenvalue weighted by Gasteiger charge is -2.12. The van der Waals surface area contributed by atoms with E-state index in [-0.39, 0.29) is 24.2 Å². The molecule has 0 aliphatic carbocycles. The summed E-state index contributed by atoms with van der Waals surface area (Å²) in [5, 5.41) is 2.91. The highest BCUT2D eigenvalue weighted by atomic mass is 19.1. The third kappa shape index (κ3) is 4.11. The van der Waals surface area contributed by atoms with Gasteiger partial charge in [-0.2, -0.15) is 0 Å². The lowest BCUT2D eigenvalue weighted by atomic mass is 10.2. The van der Waals surface area contributed by atoms with Crippen molar-refractivity contribution < 1.29 is 9.18 Å². The molecule has 0 aliphatic rings. The van der Waals surface area contributed by atoms with Gasteiger partial charge in [-0.3, -0.25) is 23.7 Å². The Hall–Kier alpha value is -4.14. The van der Waals surface area contributed by atoms with Crippen LogP contribution in [0.3, 0.4) is 0 Å². The molecule has 31 heavy (non-hydrogen) atoms. The van der Waals surface area contributed by atoms with Gasteiger partial charge in [0, 0.05) is 26.0 Å². The zero-order valence-corrected chi connectivity index (χ0v) is 16.6. The van der Waals surface area contributed by atoms with Crippen LogP contribution >= 0.6 is 0 Å². The first-order chi connectivity index (χ1) is 14.9. The van der Waals surface area contributed by atoms with E-state index < -0.39 is 23.0 Å². The molecule has 0 fully saturated rings. The van der Waals surface area contributed by atoms with E-state index in [4.69, 9.17) is 0 Å². The van der Waals surface area contributed by atoms with E-state index in [1.54, 1.807) is 30.6 Å². The fraction of sp³-hybridized carbons (Fsp3) is 0.136. The van der Waals surface area contributed by atoms with Crippen molar-refractivity contribution >= 4 is 16.8 Å². The number of hydrogen-bond acceptors (Lipinski definition) is 5. The number of halogens is 1. The largest absolute Gasteiger partial charge is 0.347 e. The predicted molar refractivity (Wildman–Crippen MR) is 112 cm³/mol. The van der Waals surface area contributed by atoms with Gasteiger partial charge in [0.2, 0.25) is 0 Å². The Morgan fingerprint density at radius 2 is 1.87 bits per heavy atom. The predicted octanol–water partition coefficient (Wildman–Crippen LogP) is 1.61. The molecule has 1 aromatic carbocycles. The van der Waals surface area contributed by atoms with Gasteiger partial charge in [0.1, 0.15) is 11.5 Å². The third-order valence-corrected chi connectivity index (χ3v) is 4.90. The standard InChI is InChI=1S/C22H18FN5O3/c1-27-19-12-25-18(20(29)26-11-14-5-7-24-8-6-14)10-17(19)21(30)28(22(27)31)13-15-3-2-4-16(23)9-15/h2-10,12H,11,13H2,1H3,(H,26,29). The molecule has 1 amide bonds. The molecule has 0 radical (unpaired) electrons. The number of benzene rings is 1. The summed E-state index contributed by atoms with van der Waals surface area (Å²) in [6.45, 7) is 0.184. The van der Waals surface area contributed by atoms with Crippen molar-refractivity contribution in [3.8, 4) is 0 Å². The van der Waals surface area contributed by atoms with Crippen LogP contribution < -0.4 is 16.6 Å². The molecule has 3 aromatic heterocycles. The van der Waals surface area contributed by atoms with E-state index in [9.17, 15) is 18.8 Å². The maximum Gasteiger partial charge on any atom is 0.331 e. The van der Waals surface area contributed by atoms with Crippen LogP contribution in [0.25, 0.3) is 10.9 Å². The highest BCUT2D eigenvalue weighted by Gasteiger charge is 2.15. The number of nitrogens with zero attached hydrogens (tertiary/aromatic N) is 4. The first kappa shape index (κ1) is 20.1. The Balaban J connectivity index is 1.70. The van der Waals surface area contributed by atoms with Gasteiger partial charge in [0.05, 0.1) is 23.6 Å². The average Bonchev–Trinajstić information content (AvgIpc) is 2.79. The van der Waals surface area contributed by atoms with Crippen molar-refractivity contribution in [1.29, 1.82) is 0 Å². The van der Waals surface area contributed by atoms with Gasteiger partial charge in [-0.1, -0.05) is 12.1 Å². The summed E-state index contributed by atoms with van der Waals surface area (Å²) >= 11 is 0. The van der Waals surface area contributed by atoms with E-state index in [2.05, 4.69) is 15.3 Å². The summed E-state index contributed by atoms with van der Waals surface area (Å²) in [7, 11) is 1.51. The second-order valence-electron chi connectivity index (χ2n) is 6.99. The molecular weight excluding hydrogens is 401 g/mol. The zero-order valence-electron chi connectivity index (χ0n) is 16.6. The SMILES string of the molecule is Cn1c(=O)n(Cc2cccc(F)c2)c(=O)c2cc(C(=O)NCc3ccncc3)ncc21. The van der Waals surface area contributed by atoms with Crippen molar-refractivity contribution in [2.75, 3.05) is 0 Å². The van der Waals surface area contributed by atoms with Crippen molar-refractivity contribution in [2.45, 2.75) is 13.1 Å². The van der Waals surface area contributed by atoms with Gasteiger partial charge in [0.25, 0.3) is 11.5 Å². The summed E-state index contributed by atoms with van der Waals surface area (Å²) in [4.78, 5) is 46.3. The first-order valence-electron chi connectivity index (χ1n) is 9.45. The van der Waals surface area contributed by atoms with Crippen LogP contribution in [0.4, 0.5) is 4.39 Å². The molecule has 9 heteroatoms. The van der Waals surface area contributed by atoms with Crippen LogP contribution in [0.5, 0.6) is 0 Å². The smallest absolute Gasteiger partial charge is 0.331 e. The maximum absolute atomic E-state index is 13.5. The first-order valence-corrected chi connectivity index (χ1v) is 9.45. The van der Waals surface area contributed by atoms with Crippen molar-refractivity contribution in [3.05, 3.63) is 105 Å². The number of carbonyl (C=O) groups is 1. The van der Waals surface area contributed by atoms with Crippen LogP contribution in [0.15, 0.2) is 70.6 Å². The minimum Gasteiger partial charge on any atom is -0.347 e. The summed E-state index contributed by atoms with van der Waals surface area (Å²) in [5.41, 5.74) is 0.559. The number of carbonyl (C=O) groups excluding carboxylic acids is 1. The Morgan fingerprint density at radius 1 is 1.10 bits per heavy atom. The molecule has 3 heterocycles. The highest BCUT2D eigenvalue weighted by Crippen LogP contribution is 2.10. The molecule has 0 spiro atoms. The van der Waals surface area contributed by atoms with Crippen LogP contribution in [-0.2, 0) is 20.1 Å². The van der Waals surface area contributed by atoms with Gasteiger partial charge in [-0.15, -0.1) is 0 Å². The molecule has 0 saturated heterocycles. The average molecular weight is 419 g/mol. The molecular formula is C22H18FN5O3. The Morgan fingerprint density at radius 3 is 2.61 bits per heavy atom. The second-order valence-corrected chi connectivity index (χ2v) is 6.99. The van der Waals surface area contributed by atoms with E-state index in [0.29, 0.717) is 11.1 Å². The lowest BCUT2D eigenvalue weighted by Crippen LogP contribution is -2.39. The summed E-state index contributed by atoms with van der Waals surface area (Å²) in [6.07, 6.45) is 4.57. The van der Waals surface area contributed by atoms with Gasteiger partial charge >= 0.3 is 5.69 Å². The topological polar surface area (TPSA) is 98.9 Å². The molecule has 4 rings (SSSR count). The fourth-order valence-electron chi connectivity index (χ4n) is 3.26. The van der Waals surface area contributed by atoms with E-state index in [1.165, 1.54) is 42.1 Å². The second kappa shape index (κ2) is 8.31. The summed E-state index contributed by atoms with van der Waals surface area (Å²) in [5.74, 6) is -0.913. The quantitative estimate of drug-likeness (QED) is 0.530. The molecule has 0 aliphatic heterocycles. The number of fused-ring (bicyclic) bond motifs is 1. The molecule has 0 unspecified atom stereocenters.